The topological polar surface area (TPSA) is 126 Å². The molecule has 0 unspecified atom stereocenters. The van der Waals surface area contributed by atoms with E-state index < -0.39 is 22.0 Å². The Balaban J connectivity index is 1.92. The van der Waals surface area contributed by atoms with Crippen LogP contribution in [-0.2, 0) is 10.0 Å². The number of hydrogen-bond acceptors (Lipinski definition) is 5. The van der Waals surface area contributed by atoms with E-state index in [9.17, 15) is 23.1 Å². The van der Waals surface area contributed by atoms with Gasteiger partial charge in [0.2, 0.25) is 0 Å². The lowest BCUT2D eigenvalue weighted by Crippen LogP contribution is -2.12. The van der Waals surface area contributed by atoms with E-state index in [1.807, 2.05) is 0 Å². The predicted octanol–water partition coefficient (Wildman–Crippen LogP) is 3.35. The van der Waals surface area contributed by atoms with E-state index in [1.165, 1.54) is 29.7 Å². The molecule has 1 aromatic carbocycles. The Hall–Kier alpha value is -3.11. The molecule has 0 fully saturated rings. The van der Waals surface area contributed by atoms with Crippen LogP contribution in [0.1, 0.15) is 31.3 Å². The van der Waals surface area contributed by atoms with Crippen molar-refractivity contribution in [3.05, 3.63) is 64.3 Å². The molecule has 0 aliphatic rings. The first-order valence-electron chi connectivity index (χ1n) is 7.98. The molecule has 0 amide bonds. The Bertz CT molecular complexity index is 1190. The molecule has 8 nitrogen and oxygen atoms in total. The van der Waals surface area contributed by atoms with Crippen LogP contribution in [0.2, 0.25) is 0 Å². The Morgan fingerprint density at radius 3 is 2.32 bits per heavy atom. The highest BCUT2D eigenvalue weighted by atomic mass is 32.2. The van der Waals surface area contributed by atoms with Gasteiger partial charge in [0.1, 0.15) is 14.8 Å². The van der Waals surface area contributed by atoms with Gasteiger partial charge in [-0.2, -0.15) is 0 Å². The summed E-state index contributed by atoms with van der Waals surface area (Å²) >= 11 is 0.685. The molecule has 28 heavy (non-hydrogen) atoms. The molecule has 10 heteroatoms. The highest BCUT2D eigenvalue weighted by molar-refractivity contribution is 7.94. The Morgan fingerprint density at radius 1 is 1.04 bits per heavy atom. The van der Waals surface area contributed by atoms with E-state index in [0.29, 0.717) is 28.2 Å². The van der Waals surface area contributed by atoms with Crippen LogP contribution in [0.3, 0.4) is 0 Å². The van der Waals surface area contributed by atoms with E-state index in [1.54, 1.807) is 31.3 Å². The first-order chi connectivity index (χ1) is 13.1. The second kappa shape index (κ2) is 7.13. The maximum Gasteiger partial charge on any atom is 0.352 e. The van der Waals surface area contributed by atoms with Crippen LogP contribution < -0.4 is 4.72 Å². The zero-order valence-electron chi connectivity index (χ0n) is 14.8. The van der Waals surface area contributed by atoms with E-state index in [2.05, 4.69) is 4.72 Å². The monoisotopic (exact) mass is 420 g/mol. The fourth-order valence-corrected chi connectivity index (χ4v) is 5.19. The Morgan fingerprint density at radius 2 is 1.75 bits per heavy atom. The molecule has 0 aliphatic carbocycles. The Labute approximate surface area is 164 Å². The van der Waals surface area contributed by atoms with Crippen LogP contribution in [0.15, 0.2) is 46.8 Å². The summed E-state index contributed by atoms with van der Waals surface area (Å²) in [6.07, 6.45) is 1.61. The van der Waals surface area contributed by atoms with Gasteiger partial charge in [-0.05, 0) is 61.4 Å². The summed E-state index contributed by atoms with van der Waals surface area (Å²) in [6.45, 7) is 3.27. The SMILES string of the molecule is Cc1cc(NS(=O)(=O)c2cc(C)c(C(=O)O)s2)ccc1-n1cccc1C(=O)O. The highest BCUT2D eigenvalue weighted by Gasteiger charge is 2.22. The minimum absolute atomic E-state index is 0.0271. The van der Waals surface area contributed by atoms with Gasteiger partial charge in [-0.25, -0.2) is 18.0 Å². The van der Waals surface area contributed by atoms with Crippen LogP contribution in [0.25, 0.3) is 5.69 Å². The van der Waals surface area contributed by atoms with Gasteiger partial charge in [-0.3, -0.25) is 4.72 Å². The van der Waals surface area contributed by atoms with Gasteiger partial charge in [0.05, 0.1) is 0 Å². The average Bonchev–Trinajstić information content (AvgIpc) is 3.21. The fraction of sp³-hybridized carbons (Fsp3) is 0.111. The van der Waals surface area contributed by atoms with Crippen LogP contribution in [-0.4, -0.2) is 35.1 Å². The smallest absolute Gasteiger partial charge is 0.352 e. The van der Waals surface area contributed by atoms with Gasteiger partial charge >= 0.3 is 11.9 Å². The minimum atomic E-state index is -3.95. The van der Waals surface area contributed by atoms with E-state index in [-0.39, 0.29) is 20.5 Å². The number of nitrogens with one attached hydrogen (secondary N) is 1. The summed E-state index contributed by atoms with van der Waals surface area (Å²) in [7, 11) is -3.95. The number of aromatic nitrogens is 1. The number of carbonyl (C=O) groups is 2. The van der Waals surface area contributed by atoms with Crippen molar-refractivity contribution in [2.75, 3.05) is 4.72 Å². The molecular weight excluding hydrogens is 404 g/mol. The Kier molecular flexibility index (Phi) is 5.01. The normalized spacial score (nSPS) is 11.4. The molecule has 2 heterocycles. The lowest BCUT2D eigenvalue weighted by atomic mass is 10.1. The summed E-state index contributed by atoms with van der Waals surface area (Å²) in [4.78, 5) is 22.4. The van der Waals surface area contributed by atoms with Crippen LogP contribution in [0.5, 0.6) is 0 Å². The predicted molar refractivity (Wildman–Crippen MR) is 104 cm³/mol. The third kappa shape index (κ3) is 3.64. The molecule has 0 radical (unpaired) electrons. The van der Waals surface area contributed by atoms with Crippen molar-refractivity contribution in [3.63, 3.8) is 0 Å². The number of sulfonamides is 1. The van der Waals surface area contributed by atoms with Crippen LogP contribution in [0.4, 0.5) is 5.69 Å². The lowest BCUT2D eigenvalue weighted by molar-refractivity contribution is 0.0682. The molecule has 146 valence electrons. The number of carboxylic acid groups (broad SMARTS) is 2. The molecule has 0 saturated carbocycles. The van der Waals surface area contributed by atoms with Crippen molar-refractivity contribution in [2.24, 2.45) is 0 Å². The first kappa shape index (κ1) is 19.6. The fourth-order valence-electron chi connectivity index (χ4n) is 2.76. The molecule has 3 N–H and O–H groups in total. The minimum Gasteiger partial charge on any atom is -0.477 e. The van der Waals surface area contributed by atoms with Gasteiger partial charge in [-0.1, -0.05) is 0 Å². The summed E-state index contributed by atoms with van der Waals surface area (Å²) in [5, 5.41) is 18.4. The highest BCUT2D eigenvalue weighted by Crippen LogP contribution is 2.29. The summed E-state index contributed by atoms with van der Waals surface area (Å²) < 4.78 is 29.0. The number of nitrogens with zero attached hydrogens (tertiary/aromatic N) is 1. The molecule has 0 bridgehead atoms. The standard InChI is InChI=1S/C18H16N2O6S2/c1-10-8-12(5-6-13(10)20-7-3-4-14(20)17(21)22)19-28(25,26)15-9-11(2)16(27-15)18(23)24/h3-9,19H,1-2H3,(H,21,22)(H,23,24). The van der Waals surface area contributed by atoms with Crippen molar-refractivity contribution < 1.29 is 28.2 Å². The van der Waals surface area contributed by atoms with Crippen molar-refractivity contribution >= 4 is 39.0 Å². The van der Waals surface area contributed by atoms with Gasteiger partial charge < -0.3 is 14.8 Å². The number of carboxylic acids is 2. The number of aromatic carboxylic acids is 2. The third-order valence-electron chi connectivity index (χ3n) is 4.03. The number of anilines is 1. The largest absolute Gasteiger partial charge is 0.477 e. The van der Waals surface area contributed by atoms with Crippen LogP contribution >= 0.6 is 11.3 Å². The molecular formula is C18H16N2O6S2. The summed E-state index contributed by atoms with van der Waals surface area (Å²) in [6, 6.07) is 9.11. The maximum atomic E-state index is 12.6. The van der Waals surface area contributed by atoms with Gasteiger partial charge in [0.25, 0.3) is 10.0 Å². The number of thiophene rings is 1. The number of aryl methyl sites for hydroxylation is 2. The van der Waals surface area contributed by atoms with Crippen molar-refractivity contribution in [3.8, 4) is 5.69 Å². The molecule has 3 rings (SSSR count). The molecule has 0 spiro atoms. The number of benzene rings is 1. The number of hydrogen-bond donors (Lipinski definition) is 3. The van der Waals surface area contributed by atoms with Gasteiger partial charge in [0, 0.05) is 17.6 Å². The van der Waals surface area contributed by atoms with E-state index in [0.717, 1.165) is 0 Å². The third-order valence-corrected chi connectivity index (χ3v) is 7.11. The molecule has 0 aliphatic heterocycles. The quantitative estimate of drug-likeness (QED) is 0.561. The molecule has 0 saturated heterocycles. The zero-order valence-corrected chi connectivity index (χ0v) is 16.5. The van der Waals surface area contributed by atoms with E-state index in [4.69, 9.17) is 5.11 Å². The van der Waals surface area contributed by atoms with E-state index >= 15 is 0 Å². The van der Waals surface area contributed by atoms with Crippen molar-refractivity contribution in [1.82, 2.24) is 4.57 Å². The zero-order chi connectivity index (χ0) is 20.6. The molecule has 2 aromatic heterocycles. The molecule has 0 atom stereocenters. The maximum absolute atomic E-state index is 12.6. The first-order valence-corrected chi connectivity index (χ1v) is 10.3. The van der Waals surface area contributed by atoms with Gasteiger partial charge in [-0.15, -0.1) is 11.3 Å². The molecule has 3 aromatic rings. The van der Waals surface area contributed by atoms with Crippen LogP contribution in [0, 0.1) is 13.8 Å². The number of rotatable bonds is 6. The second-order valence-corrected chi connectivity index (χ2v) is 9.02. The average molecular weight is 420 g/mol. The lowest BCUT2D eigenvalue weighted by Gasteiger charge is -2.13. The van der Waals surface area contributed by atoms with Crippen molar-refractivity contribution in [2.45, 2.75) is 18.1 Å². The second-order valence-electron chi connectivity index (χ2n) is 6.06. The van der Waals surface area contributed by atoms with Crippen molar-refractivity contribution in [1.29, 1.82) is 0 Å². The summed E-state index contributed by atoms with van der Waals surface area (Å²) in [5.41, 5.74) is 2.01. The summed E-state index contributed by atoms with van der Waals surface area (Å²) in [5.74, 6) is -2.25. The van der Waals surface area contributed by atoms with Gasteiger partial charge in [0.15, 0.2) is 0 Å².